The fraction of sp³-hybridized carbons (Fsp3) is 0.200. The standard InChI is InChI=1S/C20H18O/c1-20(2,3)14-9-11-17-16(12-14)19-15-7-5-4-6-13(15)8-10-18(19)21-17/h4-12H,1-3H3. The first kappa shape index (κ1) is 12.5. The third-order valence-corrected chi connectivity index (χ3v) is 4.23. The Morgan fingerprint density at radius 3 is 2.33 bits per heavy atom. The van der Waals surface area contributed by atoms with E-state index in [1.54, 1.807) is 0 Å². The van der Waals surface area contributed by atoms with Gasteiger partial charge in [0.1, 0.15) is 11.2 Å². The molecule has 0 aliphatic heterocycles. The predicted octanol–water partition coefficient (Wildman–Crippen LogP) is 6.04. The quantitative estimate of drug-likeness (QED) is 0.381. The van der Waals surface area contributed by atoms with Crippen LogP contribution in [0.1, 0.15) is 26.3 Å². The number of benzene rings is 3. The normalized spacial score (nSPS) is 12.5. The molecular weight excluding hydrogens is 256 g/mol. The summed E-state index contributed by atoms with van der Waals surface area (Å²) in [4.78, 5) is 0. The van der Waals surface area contributed by atoms with Gasteiger partial charge in [-0.25, -0.2) is 0 Å². The van der Waals surface area contributed by atoms with E-state index in [2.05, 4.69) is 75.4 Å². The average molecular weight is 274 g/mol. The lowest BCUT2D eigenvalue weighted by Gasteiger charge is -2.18. The van der Waals surface area contributed by atoms with Crippen molar-refractivity contribution in [1.29, 1.82) is 0 Å². The van der Waals surface area contributed by atoms with Gasteiger partial charge in [0, 0.05) is 10.8 Å². The van der Waals surface area contributed by atoms with E-state index < -0.39 is 0 Å². The van der Waals surface area contributed by atoms with Crippen molar-refractivity contribution in [1.82, 2.24) is 0 Å². The maximum absolute atomic E-state index is 6.03. The molecule has 4 aromatic rings. The summed E-state index contributed by atoms with van der Waals surface area (Å²) in [6, 6.07) is 19.3. The number of hydrogen-bond acceptors (Lipinski definition) is 1. The minimum atomic E-state index is 0.141. The van der Waals surface area contributed by atoms with E-state index in [-0.39, 0.29) is 5.41 Å². The Morgan fingerprint density at radius 2 is 1.52 bits per heavy atom. The van der Waals surface area contributed by atoms with E-state index in [4.69, 9.17) is 4.42 Å². The van der Waals surface area contributed by atoms with E-state index in [1.165, 1.54) is 27.1 Å². The number of hydrogen-bond donors (Lipinski definition) is 0. The van der Waals surface area contributed by atoms with Crippen LogP contribution in [0.5, 0.6) is 0 Å². The highest BCUT2D eigenvalue weighted by molar-refractivity contribution is 6.18. The zero-order valence-electron chi connectivity index (χ0n) is 12.6. The Bertz CT molecular complexity index is 968. The lowest BCUT2D eigenvalue weighted by Crippen LogP contribution is -2.10. The molecule has 4 rings (SSSR count). The molecule has 0 radical (unpaired) electrons. The second kappa shape index (κ2) is 4.11. The molecule has 0 fully saturated rings. The van der Waals surface area contributed by atoms with E-state index in [9.17, 15) is 0 Å². The first-order valence-corrected chi connectivity index (χ1v) is 7.38. The Morgan fingerprint density at radius 1 is 0.762 bits per heavy atom. The van der Waals surface area contributed by atoms with Crippen LogP contribution >= 0.6 is 0 Å². The van der Waals surface area contributed by atoms with Crippen LogP contribution in [0.15, 0.2) is 59.0 Å². The molecule has 1 heteroatoms. The van der Waals surface area contributed by atoms with Crippen LogP contribution in [0.3, 0.4) is 0 Å². The molecule has 104 valence electrons. The largest absolute Gasteiger partial charge is 0.456 e. The molecule has 0 unspecified atom stereocenters. The van der Waals surface area contributed by atoms with Crippen molar-refractivity contribution in [2.45, 2.75) is 26.2 Å². The monoisotopic (exact) mass is 274 g/mol. The van der Waals surface area contributed by atoms with Crippen LogP contribution in [0.2, 0.25) is 0 Å². The fourth-order valence-corrected chi connectivity index (χ4v) is 3.01. The van der Waals surface area contributed by atoms with Gasteiger partial charge in [-0.1, -0.05) is 57.2 Å². The zero-order chi connectivity index (χ0) is 14.6. The summed E-state index contributed by atoms with van der Waals surface area (Å²) < 4.78 is 6.03. The van der Waals surface area contributed by atoms with Crippen LogP contribution < -0.4 is 0 Å². The van der Waals surface area contributed by atoms with E-state index in [0.29, 0.717) is 0 Å². The van der Waals surface area contributed by atoms with Crippen LogP contribution in [-0.2, 0) is 5.41 Å². The van der Waals surface area contributed by atoms with Gasteiger partial charge >= 0.3 is 0 Å². The Hall–Kier alpha value is -2.28. The molecule has 21 heavy (non-hydrogen) atoms. The molecule has 1 heterocycles. The number of rotatable bonds is 0. The predicted molar refractivity (Wildman–Crippen MR) is 89.9 cm³/mol. The fourth-order valence-electron chi connectivity index (χ4n) is 3.01. The summed E-state index contributed by atoms with van der Waals surface area (Å²) in [6.07, 6.45) is 0. The van der Waals surface area contributed by atoms with Gasteiger partial charge in [-0.3, -0.25) is 0 Å². The van der Waals surface area contributed by atoms with Gasteiger partial charge in [0.05, 0.1) is 0 Å². The summed E-state index contributed by atoms with van der Waals surface area (Å²) >= 11 is 0. The average Bonchev–Trinajstić information content (AvgIpc) is 2.84. The Kier molecular flexibility index (Phi) is 2.44. The molecule has 0 saturated carbocycles. The third-order valence-electron chi connectivity index (χ3n) is 4.23. The molecule has 0 bridgehead atoms. The van der Waals surface area contributed by atoms with Gasteiger partial charge in [-0.2, -0.15) is 0 Å². The van der Waals surface area contributed by atoms with Crippen LogP contribution in [-0.4, -0.2) is 0 Å². The molecule has 1 aromatic heterocycles. The van der Waals surface area contributed by atoms with Crippen molar-refractivity contribution in [3.8, 4) is 0 Å². The van der Waals surface area contributed by atoms with Crippen LogP contribution in [0, 0.1) is 0 Å². The maximum atomic E-state index is 6.03. The van der Waals surface area contributed by atoms with Gasteiger partial charge in [-0.05, 0) is 39.9 Å². The van der Waals surface area contributed by atoms with Gasteiger partial charge in [-0.15, -0.1) is 0 Å². The molecule has 0 aliphatic carbocycles. The second-order valence-electron chi connectivity index (χ2n) is 6.72. The molecular formula is C20H18O. The third kappa shape index (κ3) is 1.84. The highest BCUT2D eigenvalue weighted by Gasteiger charge is 2.17. The molecule has 0 amide bonds. The van der Waals surface area contributed by atoms with Crippen molar-refractivity contribution < 1.29 is 4.42 Å². The van der Waals surface area contributed by atoms with Crippen molar-refractivity contribution >= 4 is 32.7 Å². The smallest absolute Gasteiger partial charge is 0.136 e. The molecule has 0 spiro atoms. The van der Waals surface area contributed by atoms with E-state index >= 15 is 0 Å². The number of fused-ring (bicyclic) bond motifs is 5. The van der Waals surface area contributed by atoms with Crippen molar-refractivity contribution in [3.63, 3.8) is 0 Å². The van der Waals surface area contributed by atoms with E-state index in [1.807, 2.05) is 0 Å². The molecule has 0 saturated heterocycles. The maximum Gasteiger partial charge on any atom is 0.136 e. The summed E-state index contributed by atoms with van der Waals surface area (Å²) in [6.45, 7) is 6.73. The van der Waals surface area contributed by atoms with Gasteiger partial charge in [0.15, 0.2) is 0 Å². The first-order valence-electron chi connectivity index (χ1n) is 7.38. The minimum absolute atomic E-state index is 0.141. The molecule has 3 aromatic carbocycles. The summed E-state index contributed by atoms with van der Waals surface area (Å²) in [5, 5.41) is 4.97. The van der Waals surface area contributed by atoms with E-state index in [0.717, 1.165) is 11.2 Å². The molecule has 1 nitrogen and oxygen atoms in total. The zero-order valence-corrected chi connectivity index (χ0v) is 12.6. The van der Waals surface area contributed by atoms with Crippen LogP contribution in [0.25, 0.3) is 32.7 Å². The van der Waals surface area contributed by atoms with Crippen molar-refractivity contribution in [2.75, 3.05) is 0 Å². The molecule has 0 aliphatic rings. The second-order valence-corrected chi connectivity index (χ2v) is 6.72. The highest BCUT2D eigenvalue weighted by Crippen LogP contribution is 2.36. The first-order chi connectivity index (χ1) is 10.0. The molecule has 0 N–H and O–H groups in total. The van der Waals surface area contributed by atoms with Gasteiger partial charge < -0.3 is 4.42 Å². The van der Waals surface area contributed by atoms with Crippen molar-refractivity contribution in [3.05, 3.63) is 60.2 Å². The Balaban J connectivity index is 2.19. The number of furan rings is 1. The SMILES string of the molecule is CC(C)(C)c1ccc2oc3ccc4ccccc4c3c2c1. The topological polar surface area (TPSA) is 13.1 Å². The summed E-state index contributed by atoms with van der Waals surface area (Å²) in [5.41, 5.74) is 3.41. The molecule has 0 atom stereocenters. The van der Waals surface area contributed by atoms with Gasteiger partial charge in [0.2, 0.25) is 0 Å². The Labute approximate surface area is 124 Å². The minimum Gasteiger partial charge on any atom is -0.456 e. The highest BCUT2D eigenvalue weighted by atomic mass is 16.3. The van der Waals surface area contributed by atoms with Crippen LogP contribution in [0.4, 0.5) is 0 Å². The summed E-state index contributed by atoms with van der Waals surface area (Å²) in [5.74, 6) is 0. The van der Waals surface area contributed by atoms with Crippen molar-refractivity contribution in [2.24, 2.45) is 0 Å². The van der Waals surface area contributed by atoms with Gasteiger partial charge in [0.25, 0.3) is 0 Å². The lowest BCUT2D eigenvalue weighted by atomic mass is 9.86. The summed E-state index contributed by atoms with van der Waals surface area (Å²) in [7, 11) is 0. The lowest BCUT2D eigenvalue weighted by molar-refractivity contribution is 0.590.